The minimum Gasteiger partial charge on any atom is -0.469 e. The summed E-state index contributed by atoms with van der Waals surface area (Å²) in [7, 11) is -3.61. The molecule has 0 bridgehead atoms. The van der Waals surface area contributed by atoms with Crippen molar-refractivity contribution in [3.8, 4) is 0 Å². The summed E-state index contributed by atoms with van der Waals surface area (Å²) in [5.74, 6) is 0.872. The maximum Gasteiger partial charge on any atom is 0.241 e. The van der Waals surface area contributed by atoms with E-state index in [0.717, 1.165) is 30.6 Å². The Balaban J connectivity index is 1.93. The van der Waals surface area contributed by atoms with Crippen LogP contribution in [-0.2, 0) is 16.4 Å². The zero-order chi connectivity index (χ0) is 15.0. The summed E-state index contributed by atoms with van der Waals surface area (Å²) in [6.07, 6.45) is 4.15. The number of halogens is 1. The van der Waals surface area contributed by atoms with Crippen molar-refractivity contribution in [3.63, 3.8) is 0 Å². The van der Waals surface area contributed by atoms with E-state index in [-0.39, 0.29) is 10.9 Å². The van der Waals surface area contributed by atoms with Crippen molar-refractivity contribution in [2.45, 2.75) is 37.1 Å². The second kappa shape index (κ2) is 5.48. The van der Waals surface area contributed by atoms with Gasteiger partial charge in [0.25, 0.3) is 0 Å². The molecule has 1 unspecified atom stereocenters. The van der Waals surface area contributed by atoms with Gasteiger partial charge in [-0.3, -0.25) is 0 Å². The van der Waals surface area contributed by atoms with Crippen LogP contribution in [-0.4, -0.2) is 8.42 Å². The molecule has 1 N–H and O–H groups in total. The number of benzene rings is 1. The highest BCUT2D eigenvalue weighted by molar-refractivity contribution is 7.89. The maximum absolute atomic E-state index is 12.6. The summed E-state index contributed by atoms with van der Waals surface area (Å²) in [5, 5.41) is 0.450. The molecule has 3 rings (SSSR count). The molecule has 0 spiro atoms. The van der Waals surface area contributed by atoms with E-state index in [0.29, 0.717) is 10.6 Å². The van der Waals surface area contributed by atoms with E-state index < -0.39 is 10.0 Å². The van der Waals surface area contributed by atoms with Crippen LogP contribution in [0.25, 0.3) is 0 Å². The van der Waals surface area contributed by atoms with Gasteiger partial charge in [0.05, 0.1) is 17.2 Å². The Bertz CT molecular complexity index is 767. The first kappa shape index (κ1) is 14.6. The minimum atomic E-state index is -3.61. The van der Waals surface area contributed by atoms with Gasteiger partial charge in [-0.2, -0.15) is 0 Å². The van der Waals surface area contributed by atoms with Crippen LogP contribution < -0.4 is 4.72 Å². The number of furan rings is 1. The standard InChI is InChI=1S/C15H16ClNO3S/c1-10-12(16)4-2-7-15(10)21(18,19)17-13-5-3-6-14-11(13)8-9-20-14/h2,4,7-9,13,17H,3,5-6H2,1H3. The van der Waals surface area contributed by atoms with Crippen molar-refractivity contribution in [2.75, 3.05) is 0 Å². The van der Waals surface area contributed by atoms with Crippen LogP contribution in [0.15, 0.2) is 39.8 Å². The summed E-state index contributed by atoms with van der Waals surface area (Å²) in [6.45, 7) is 1.71. The third-order valence-corrected chi connectivity index (χ3v) is 5.88. The molecule has 1 aromatic heterocycles. The van der Waals surface area contributed by atoms with Crippen molar-refractivity contribution < 1.29 is 12.8 Å². The Kier molecular flexibility index (Phi) is 3.82. The van der Waals surface area contributed by atoms with E-state index in [9.17, 15) is 8.42 Å². The summed E-state index contributed by atoms with van der Waals surface area (Å²) in [5.41, 5.74) is 1.50. The van der Waals surface area contributed by atoms with E-state index in [1.807, 2.05) is 6.07 Å². The van der Waals surface area contributed by atoms with E-state index in [1.54, 1.807) is 31.4 Å². The highest BCUT2D eigenvalue weighted by Crippen LogP contribution is 2.32. The number of rotatable bonds is 3. The highest BCUT2D eigenvalue weighted by Gasteiger charge is 2.28. The van der Waals surface area contributed by atoms with Crippen molar-refractivity contribution in [3.05, 3.63) is 52.4 Å². The van der Waals surface area contributed by atoms with Crippen molar-refractivity contribution in [1.29, 1.82) is 0 Å². The van der Waals surface area contributed by atoms with E-state index >= 15 is 0 Å². The predicted octanol–water partition coefficient (Wildman–Crippen LogP) is 3.60. The van der Waals surface area contributed by atoms with Crippen molar-refractivity contribution in [1.82, 2.24) is 4.72 Å². The van der Waals surface area contributed by atoms with E-state index in [4.69, 9.17) is 16.0 Å². The van der Waals surface area contributed by atoms with Crippen LogP contribution in [0.2, 0.25) is 5.02 Å². The molecule has 0 saturated heterocycles. The predicted molar refractivity (Wildman–Crippen MR) is 80.9 cm³/mol. The van der Waals surface area contributed by atoms with Gasteiger partial charge in [-0.05, 0) is 43.5 Å². The Labute approximate surface area is 129 Å². The zero-order valence-electron chi connectivity index (χ0n) is 11.6. The molecule has 0 fully saturated rings. The molecule has 1 heterocycles. The molecule has 1 aromatic carbocycles. The molecule has 6 heteroatoms. The monoisotopic (exact) mass is 325 g/mol. The maximum atomic E-state index is 12.6. The molecule has 112 valence electrons. The minimum absolute atomic E-state index is 0.227. The molecule has 1 atom stereocenters. The first-order chi connectivity index (χ1) is 9.99. The number of aryl methyl sites for hydroxylation is 1. The van der Waals surface area contributed by atoms with Gasteiger partial charge in [0.15, 0.2) is 0 Å². The van der Waals surface area contributed by atoms with Crippen LogP contribution in [0.1, 0.15) is 35.8 Å². The van der Waals surface area contributed by atoms with E-state index in [2.05, 4.69) is 4.72 Å². The quantitative estimate of drug-likeness (QED) is 0.938. The summed E-state index contributed by atoms with van der Waals surface area (Å²) < 4.78 is 33.4. The Morgan fingerprint density at radius 2 is 2.14 bits per heavy atom. The zero-order valence-corrected chi connectivity index (χ0v) is 13.2. The van der Waals surface area contributed by atoms with Gasteiger partial charge in [-0.25, -0.2) is 13.1 Å². The summed E-state index contributed by atoms with van der Waals surface area (Å²) >= 11 is 6.02. The lowest BCUT2D eigenvalue weighted by Gasteiger charge is -2.23. The normalized spacial score (nSPS) is 18.5. The molecule has 0 aliphatic heterocycles. The lowest BCUT2D eigenvalue weighted by atomic mass is 9.94. The van der Waals surface area contributed by atoms with Crippen molar-refractivity contribution >= 4 is 21.6 Å². The van der Waals surface area contributed by atoms with Crippen LogP contribution >= 0.6 is 11.6 Å². The van der Waals surface area contributed by atoms with E-state index in [1.165, 1.54) is 0 Å². The van der Waals surface area contributed by atoms with Crippen LogP contribution in [0.3, 0.4) is 0 Å². The third-order valence-electron chi connectivity index (χ3n) is 3.86. The molecule has 0 radical (unpaired) electrons. The van der Waals surface area contributed by atoms with Gasteiger partial charge >= 0.3 is 0 Å². The molecule has 0 saturated carbocycles. The first-order valence-corrected chi connectivity index (χ1v) is 8.69. The van der Waals surface area contributed by atoms with Gasteiger partial charge in [0.2, 0.25) is 10.0 Å². The average molecular weight is 326 g/mol. The Morgan fingerprint density at radius 3 is 2.95 bits per heavy atom. The van der Waals surface area contributed by atoms with Crippen molar-refractivity contribution in [2.24, 2.45) is 0 Å². The van der Waals surface area contributed by atoms with Gasteiger partial charge < -0.3 is 4.42 Å². The lowest BCUT2D eigenvalue weighted by Crippen LogP contribution is -2.31. The van der Waals surface area contributed by atoms with Gasteiger partial charge in [-0.1, -0.05) is 17.7 Å². The SMILES string of the molecule is Cc1c(Cl)cccc1S(=O)(=O)NC1CCCc2occc21. The summed E-state index contributed by atoms with van der Waals surface area (Å²) in [4.78, 5) is 0.227. The van der Waals surface area contributed by atoms with Gasteiger partial charge in [0.1, 0.15) is 5.76 Å². The first-order valence-electron chi connectivity index (χ1n) is 6.83. The largest absolute Gasteiger partial charge is 0.469 e. The highest BCUT2D eigenvalue weighted by atomic mass is 35.5. The number of nitrogens with one attached hydrogen (secondary N) is 1. The lowest BCUT2D eigenvalue weighted by molar-refractivity contribution is 0.438. The van der Waals surface area contributed by atoms with Crippen LogP contribution in [0, 0.1) is 6.92 Å². The second-order valence-electron chi connectivity index (χ2n) is 5.23. The number of fused-ring (bicyclic) bond motifs is 1. The molecule has 21 heavy (non-hydrogen) atoms. The summed E-state index contributed by atoms with van der Waals surface area (Å²) in [6, 6.07) is 6.50. The van der Waals surface area contributed by atoms with Crippen LogP contribution in [0.4, 0.5) is 0 Å². The van der Waals surface area contributed by atoms with Gasteiger partial charge in [-0.15, -0.1) is 0 Å². The number of sulfonamides is 1. The fourth-order valence-electron chi connectivity index (χ4n) is 2.74. The Morgan fingerprint density at radius 1 is 1.33 bits per heavy atom. The average Bonchev–Trinajstić information content (AvgIpc) is 2.91. The number of hydrogen-bond donors (Lipinski definition) is 1. The fourth-order valence-corrected chi connectivity index (χ4v) is 4.49. The molecular weight excluding hydrogens is 310 g/mol. The topological polar surface area (TPSA) is 59.3 Å². The molecule has 1 aliphatic rings. The molecule has 0 amide bonds. The van der Waals surface area contributed by atoms with Crippen LogP contribution in [0.5, 0.6) is 0 Å². The second-order valence-corrected chi connectivity index (χ2v) is 7.32. The molecular formula is C15H16ClNO3S. The fraction of sp³-hybridized carbons (Fsp3) is 0.333. The molecule has 2 aromatic rings. The third kappa shape index (κ3) is 2.73. The van der Waals surface area contributed by atoms with Gasteiger partial charge in [0, 0.05) is 17.0 Å². The Hall–Kier alpha value is -1.30. The number of hydrogen-bond acceptors (Lipinski definition) is 3. The molecule has 1 aliphatic carbocycles. The smallest absolute Gasteiger partial charge is 0.241 e. The molecule has 4 nitrogen and oxygen atoms in total.